The quantitative estimate of drug-likeness (QED) is 0.391. The number of H-pyrrole nitrogens is 1. The highest BCUT2D eigenvalue weighted by molar-refractivity contribution is 9.10. The van der Waals surface area contributed by atoms with Gasteiger partial charge in [-0.15, -0.1) is 0 Å². The molecule has 4 aromatic rings. The average molecular weight is 523 g/mol. The van der Waals surface area contributed by atoms with Crippen molar-refractivity contribution in [3.05, 3.63) is 68.1 Å². The van der Waals surface area contributed by atoms with Crippen LogP contribution in [-0.2, 0) is 11.2 Å². The molecule has 3 heterocycles. The van der Waals surface area contributed by atoms with Crippen LogP contribution in [-0.4, -0.2) is 32.9 Å². The number of rotatable bonds is 4. The summed E-state index contributed by atoms with van der Waals surface area (Å²) >= 11 is 2.98. The van der Waals surface area contributed by atoms with Gasteiger partial charge in [0.2, 0.25) is 0 Å². The van der Waals surface area contributed by atoms with Crippen molar-refractivity contribution in [3.63, 3.8) is 0 Å². The van der Waals surface area contributed by atoms with E-state index in [9.17, 15) is 13.6 Å². The molecule has 0 aliphatic carbocycles. The number of halogens is 4. The molecule has 1 N–H and O–H groups in total. The maximum absolute atomic E-state index is 15.1. The van der Waals surface area contributed by atoms with E-state index in [2.05, 4.69) is 35.6 Å². The zero-order valence-corrected chi connectivity index (χ0v) is 19.2. The molecule has 0 amide bonds. The van der Waals surface area contributed by atoms with Crippen LogP contribution >= 0.6 is 15.9 Å². The molecule has 1 atom stereocenters. The Morgan fingerprint density at radius 1 is 1.18 bits per heavy atom. The van der Waals surface area contributed by atoms with Crippen molar-refractivity contribution < 1.29 is 22.4 Å². The summed E-state index contributed by atoms with van der Waals surface area (Å²) in [6.45, 7) is 4.83. The Bertz CT molecular complexity index is 1440. The van der Waals surface area contributed by atoms with Gasteiger partial charge >= 0.3 is 5.76 Å². The molecule has 1 saturated heterocycles. The highest BCUT2D eigenvalue weighted by Crippen LogP contribution is 2.41. The summed E-state index contributed by atoms with van der Waals surface area (Å²) in [5.74, 6) is -2.20. The molecule has 172 valence electrons. The lowest BCUT2D eigenvalue weighted by atomic mass is 9.87. The number of benzene rings is 2. The second-order valence-corrected chi connectivity index (χ2v) is 9.58. The van der Waals surface area contributed by atoms with E-state index in [0.29, 0.717) is 24.6 Å². The molecule has 0 bridgehead atoms. The van der Waals surface area contributed by atoms with E-state index in [1.165, 1.54) is 6.07 Å². The standard InChI is InChI=1S/C22H18BrF3N4O3/c1-22(2)9-32-8-17(22)30-16-5-11(20-28-21(31)33-29-20)4-15(26)19(16)27-18(30)6-10-3-14(25)12(23)7-13(10)24/h3-5,7,17H,6,8-9H2,1-2H3,(H,28,29,31)/t17-/m1/s1. The van der Waals surface area contributed by atoms with Gasteiger partial charge in [0.05, 0.1) is 29.2 Å². The lowest BCUT2D eigenvalue weighted by molar-refractivity contribution is 0.166. The van der Waals surface area contributed by atoms with E-state index in [-0.39, 0.29) is 44.8 Å². The molecular weight excluding hydrogens is 505 g/mol. The molecular formula is C22H18BrF3N4O3. The Hall–Kier alpha value is -2.92. The summed E-state index contributed by atoms with van der Waals surface area (Å²) in [6.07, 6.45) is -0.0626. The Labute approximate surface area is 193 Å². The zero-order valence-electron chi connectivity index (χ0n) is 17.6. The van der Waals surface area contributed by atoms with Crippen molar-refractivity contribution in [1.82, 2.24) is 19.7 Å². The summed E-state index contributed by atoms with van der Waals surface area (Å²) in [5, 5.41) is 3.63. The van der Waals surface area contributed by atoms with Crippen LogP contribution in [0.3, 0.4) is 0 Å². The minimum Gasteiger partial charge on any atom is -0.379 e. The summed E-state index contributed by atoms with van der Waals surface area (Å²) < 4.78 is 56.0. The van der Waals surface area contributed by atoms with Gasteiger partial charge in [0, 0.05) is 17.4 Å². The molecule has 5 rings (SSSR count). The van der Waals surface area contributed by atoms with E-state index >= 15 is 4.39 Å². The summed E-state index contributed by atoms with van der Waals surface area (Å²) in [5.41, 5.74) is 0.535. The topological polar surface area (TPSA) is 85.9 Å². The Morgan fingerprint density at radius 3 is 2.64 bits per heavy atom. The Morgan fingerprint density at radius 2 is 1.97 bits per heavy atom. The van der Waals surface area contributed by atoms with Crippen LogP contribution in [0.1, 0.15) is 31.3 Å². The van der Waals surface area contributed by atoms with Gasteiger partial charge in [-0.05, 0) is 45.8 Å². The average Bonchev–Trinajstić information content (AvgIpc) is 3.42. The maximum atomic E-state index is 15.1. The lowest BCUT2D eigenvalue weighted by Gasteiger charge is -2.28. The first kappa shape index (κ1) is 21.9. The number of aromatic amines is 1. The van der Waals surface area contributed by atoms with Crippen LogP contribution in [0.2, 0.25) is 0 Å². The molecule has 0 unspecified atom stereocenters. The van der Waals surface area contributed by atoms with Gasteiger partial charge in [-0.2, -0.15) is 0 Å². The van der Waals surface area contributed by atoms with Gasteiger partial charge in [0.15, 0.2) is 11.6 Å². The minimum absolute atomic E-state index is 0.0138. The van der Waals surface area contributed by atoms with E-state index in [4.69, 9.17) is 4.74 Å². The third kappa shape index (κ3) is 3.78. The van der Waals surface area contributed by atoms with Crippen molar-refractivity contribution in [2.75, 3.05) is 13.2 Å². The van der Waals surface area contributed by atoms with Crippen molar-refractivity contribution in [2.45, 2.75) is 26.3 Å². The summed E-state index contributed by atoms with van der Waals surface area (Å²) in [7, 11) is 0. The van der Waals surface area contributed by atoms with Gasteiger partial charge < -0.3 is 9.30 Å². The van der Waals surface area contributed by atoms with Crippen LogP contribution in [0.4, 0.5) is 13.2 Å². The molecule has 0 saturated carbocycles. The van der Waals surface area contributed by atoms with Gasteiger partial charge in [-0.3, -0.25) is 9.51 Å². The minimum atomic E-state index is -0.766. The molecule has 1 fully saturated rings. The molecule has 11 heteroatoms. The molecule has 0 radical (unpaired) electrons. The zero-order chi connectivity index (χ0) is 23.5. The molecule has 2 aromatic carbocycles. The van der Waals surface area contributed by atoms with E-state index in [0.717, 1.165) is 12.1 Å². The van der Waals surface area contributed by atoms with Crippen molar-refractivity contribution in [2.24, 2.45) is 5.41 Å². The number of nitrogens with one attached hydrogen (secondary N) is 1. The first-order valence-corrected chi connectivity index (χ1v) is 10.9. The second-order valence-electron chi connectivity index (χ2n) is 8.72. The fraction of sp³-hybridized carbons (Fsp3) is 0.318. The van der Waals surface area contributed by atoms with Gasteiger partial charge in [-0.25, -0.2) is 22.9 Å². The Kier molecular flexibility index (Phi) is 5.20. The fourth-order valence-electron chi connectivity index (χ4n) is 4.21. The fourth-order valence-corrected chi connectivity index (χ4v) is 4.53. The number of hydrogen-bond acceptors (Lipinski definition) is 5. The number of imidazole rings is 1. The Balaban J connectivity index is 1.73. The van der Waals surface area contributed by atoms with E-state index in [1.807, 2.05) is 18.4 Å². The van der Waals surface area contributed by atoms with Crippen molar-refractivity contribution >= 4 is 27.0 Å². The smallest absolute Gasteiger partial charge is 0.379 e. The van der Waals surface area contributed by atoms with Gasteiger partial charge in [0.25, 0.3) is 0 Å². The normalized spacial score (nSPS) is 17.8. The lowest BCUT2D eigenvalue weighted by Crippen LogP contribution is -2.27. The molecule has 2 aromatic heterocycles. The highest BCUT2D eigenvalue weighted by Gasteiger charge is 2.39. The van der Waals surface area contributed by atoms with E-state index < -0.39 is 23.2 Å². The van der Waals surface area contributed by atoms with E-state index in [1.54, 1.807) is 6.07 Å². The molecule has 0 spiro atoms. The third-order valence-corrected chi connectivity index (χ3v) is 6.54. The number of ether oxygens (including phenoxy) is 1. The predicted octanol–water partition coefficient (Wildman–Crippen LogP) is 4.75. The van der Waals surface area contributed by atoms with Gasteiger partial charge in [-0.1, -0.05) is 19.0 Å². The van der Waals surface area contributed by atoms with Crippen LogP contribution < -0.4 is 5.76 Å². The van der Waals surface area contributed by atoms with Crippen LogP contribution in [0, 0.1) is 22.9 Å². The molecule has 33 heavy (non-hydrogen) atoms. The molecule has 7 nitrogen and oxygen atoms in total. The maximum Gasteiger partial charge on any atom is 0.439 e. The third-order valence-electron chi connectivity index (χ3n) is 5.94. The monoisotopic (exact) mass is 522 g/mol. The number of nitrogens with zero attached hydrogens (tertiary/aromatic N) is 3. The molecule has 1 aliphatic heterocycles. The first-order valence-electron chi connectivity index (χ1n) is 10.1. The molecule has 1 aliphatic rings. The first-order chi connectivity index (χ1) is 15.6. The van der Waals surface area contributed by atoms with Crippen LogP contribution in [0.25, 0.3) is 22.4 Å². The highest BCUT2D eigenvalue weighted by atomic mass is 79.9. The predicted molar refractivity (Wildman–Crippen MR) is 116 cm³/mol. The SMILES string of the molecule is CC1(C)COC[C@H]1n1c(Cc2cc(F)c(Br)cc2F)nc2c(F)cc(-c3noc(=O)[nH]3)cc21. The van der Waals surface area contributed by atoms with Crippen LogP contribution in [0.5, 0.6) is 0 Å². The number of fused-ring (bicyclic) bond motifs is 1. The van der Waals surface area contributed by atoms with Crippen molar-refractivity contribution in [3.8, 4) is 11.4 Å². The number of aromatic nitrogens is 4. The summed E-state index contributed by atoms with van der Waals surface area (Å²) in [6, 6.07) is 4.73. The van der Waals surface area contributed by atoms with Crippen molar-refractivity contribution in [1.29, 1.82) is 0 Å². The largest absolute Gasteiger partial charge is 0.439 e. The summed E-state index contributed by atoms with van der Waals surface area (Å²) in [4.78, 5) is 18.3. The van der Waals surface area contributed by atoms with Crippen LogP contribution in [0.15, 0.2) is 38.1 Å². The number of hydrogen-bond donors (Lipinski definition) is 1. The second kappa shape index (κ2) is 7.84. The van der Waals surface area contributed by atoms with Gasteiger partial charge in [0.1, 0.15) is 23.0 Å².